The molecule has 84 valence electrons. The number of nitrogens with two attached hydrogens (primary N) is 1. The molecule has 4 nitrogen and oxygen atoms in total. The molecule has 1 aliphatic heterocycles. The van der Waals surface area contributed by atoms with E-state index in [9.17, 15) is 5.11 Å². The highest BCUT2D eigenvalue weighted by Gasteiger charge is 2.30. The van der Waals surface area contributed by atoms with Gasteiger partial charge in [0.15, 0.2) is 0 Å². The highest BCUT2D eigenvalue weighted by atomic mass is 16.5. The van der Waals surface area contributed by atoms with Crippen LogP contribution in [0.2, 0.25) is 0 Å². The summed E-state index contributed by atoms with van der Waals surface area (Å²) in [5, 5.41) is 9.28. The molecule has 0 aromatic carbocycles. The Bertz CT molecular complexity index is 166. The summed E-state index contributed by atoms with van der Waals surface area (Å²) in [5.74, 6) is 0. The largest absolute Gasteiger partial charge is 0.395 e. The van der Waals surface area contributed by atoms with Gasteiger partial charge in [0.1, 0.15) is 0 Å². The topological polar surface area (TPSA) is 58.7 Å². The fourth-order valence-corrected chi connectivity index (χ4v) is 2.04. The number of nitrogens with zero attached hydrogens (tertiary/aromatic N) is 1. The third kappa shape index (κ3) is 2.67. The van der Waals surface area contributed by atoms with Gasteiger partial charge < -0.3 is 15.6 Å². The van der Waals surface area contributed by atoms with Crippen LogP contribution >= 0.6 is 0 Å². The van der Waals surface area contributed by atoms with Crippen molar-refractivity contribution < 1.29 is 9.84 Å². The summed E-state index contributed by atoms with van der Waals surface area (Å²) in [4.78, 5) is 2.24. The Morgan fingerprint density at radius 3 is 2.79 bits per heavy atom. The summed E-state index contributed by atoms with van der Waals surface area (Å²) in [7, 11) is 1.74. The van der Waals surface area contributed by atoms with E-state index in [1.54, 1.807) is 7.11 Å². The van der Waals surface area contributed by atoms with E-state index in [-0.39, 0.29) is 18.7 Å². The molecule has 0 saturated carbocycles. The van der Waals surface area contributed by atoms with Crippen molar-refractivity contribution >= 4 is 0 Å². The van der Waals surface area contributed by atoms with E-state index < -0.39 is 0 Å². The predicted molar refractivity (Wildman–Crippen MR) is 56.1 cm³/mol. The first-order valence-corrected chi connectivity index (χ1v) is 5.36. The van der Waals surface area contributed by atoms with E-state index in [2.05, 4.69) is 11.8 Å². The van der Waals surface area contributed by atoms with Crippen LogP contribution in [0.1, 0.15) is 19.8 Å². The van der Waals surface area contributed by atoms with Gasteiger partial charge in [0.05, 0.1) is 12.7 Å². The van der Waals surface area contributed by atoms with Gasteiger partial charge in [-0.25, -0.2) is 0 Å². The van der Waals surface area contributed by atoms with Crippen molar-refractivity contribution in [3.05, 3.63) is 0 Å². The maximum atomic E-state index is 9.28. The lowest BCUT2D eigenvalue weighted by Crippen LogP contribution is -2.49. The van der Waals surface area contributed by atoms with Crippen LogP contribution in [0.5, 0.6) is 0 Å². The second kappa shape index (κ2) is 5.66. The molecule has 3 atom stereocenters. The predicted octanol–water partition coefficient (Wildman–Crippen LogP) is -0.195. The molecule has 1 aliphatic rings. The fraction of sp³-hybridized carbons (Fsp3) is 1.00. The minimum absolute atomic E-state index is 0.0654. The second-order valence-electron chi connectivity index (χ2n) is 3.96. The Morgan fingerprint density at radius 2 is 2.36 bits per heavy atom. The summed E-state index contributed by atoms with van der Waals surface area (Å²) < 4.78 is 5.29. The molecule has 0 spiro atoms. The zero-order valence-electron chi connectivity index (χ0n) is 9.15. The van der Waals surface area contributed by atoms with Gasteiger partial charge in [-0.15, -0.1) is 0 Å². The lowest BCUT2D eigenvalue weighted by atomic mass is 10.1. The van der Waals surface area contributed by atoms with Gasteiger partial charge >= 0.3 is 0 Å². The zero-order chi connectivity index (χ0) is 10.6. The molecule has 1 rings (SSSR count). The summed E-state index contributed by atoms with van der Waals surface area (Å²) in [6, 6.07) is 0.163. The summed E-state index contributed by atoms with van der Waals surface area (Å²) in [6.07, 6.45) is 2.26. The third-order valence-corrected chi connectivity index (χ3v) is 3.13. The third-order valence-electron chi connectivity index (χ3n) is 3.13. The summed E-state index contributed by atoms with van der Waals surface area (Å²) in [5.41, 5.74) is 5.95. The quantitative estimate of drug-likeness (QED) is 0.648. The Labute approximate surface area is 86.0 Å². The Kier molecular flexibility index (Phi) is 4.81. The molecule has 3 unspecified atom stereocenters. The Hall–Kier alpha value is -0.160. The molecule has 0 amide bonds. The molecule has 14 heavy (non-hydrogen) atoms. The minimum Gasteiger partial charge on any atom is -0.395 e. The molecule has 0 aromatic rings. The fourth-order valence-electron chi connectivity index (χ4n) is 2.04. The van der Waals surface area contributed by atoms with E-state index in [1.807, 2.05) is 0 Å². The smallest absolute Gasteiger partial charge is 0.0710 e. The van der Waals surface area contributed by atoms with Crippen molar-refractivity contribution in [2.75, 3.05) is 26.8 Å². The normalized spacial score (nSPS) is 27.9. The van der Waals surface area contributed by atoms with Crippen molar-refractivity contribution in [1.82, 2.24) is 4.90 Å². The van der Waals surface area contributed by atoms with Crippen LogP contribution in [0.3, 0.4) is 0 Å². The Balaban J connectivity index is 2.46. The summed E-state index contributed by atoms with van der Waals surface area (Å²) in [6.45, 7) is 4.08. The molecule has 0 aromatic heterocycles. The number of aliphatic hydroxyl groups excluding tert-OH is 1. The average molecular weight is 202 g/mol. The van der Waals surface area contributed by atoms with Crippen LogP contribution < -0.4 is 5.73 Å². The molecule has 1 fully saturated rings. The van der Waals surface area contributed by atoms with Gasteiger partial charge in [0, 0.05) is 32.3 Å². The van der Waals surface area contributed by atoms with Gasteiger partial charge in [0.2, 0.25) is 0 Å². The maximum absolute atomic E-state index is 9.28. The van der Waals surface area contributed by atoms with Gasteiger partial charge in [-0.05, 0) is 12.8 Å². The monoisotopic (exact) mass is 202 g/mol. The number of hydrogen-bond donors (Lipinski definition) is 2. The number of methoxy groups -OCH3 is 1. The number of likely N-dealkylation sites (tertiary alicyclic amines) is 1. The molecule has 0 radical (unpaired) electrons. The van der Waals surface area contributed by atoms with Crippen molar-refractivity contribution in [3.63, 3.8) is 0 Å². The molecule has 3 N–H and O–H groups in total. The number of ether oxygens (including phenoxy) is 1. The van der Waals surface area contributed by atoms with E-state index in [0.29, 0.717) is 6.10 Å². The number of hydrogen-bond acceptors (Lipinski definition) is 4. The first-order chi connectivity index (χ1) is 6.72. The SMILES string of the molecule is CCC(N)C(CO)N1CCC(OC)C1. The molecular weight excluding hydrogens is 180 g/mol. The molecule has 1 saturated heterocycles. The maximum Gasteiger partial charge on any atom is 0.0710 e. The van der Waals surface area contributed by atoms with Crippen LogP contribution in [0.4, 0.5) is 0 Å². The van der Waals surface area contributed by atoms with Crippen molar-refractivity contribution in [1.29, 1.82) is 0 Å². The zero-order valence-corrected chi connectivity index (χ0v) is 9.15. The highest BCUT2D eigenvalue weighted by Crippen LogP contribution is 2.17. The molecule has 1 heterocycles. The van der Waals surface area contributed by atoms with Crippen LogP contribution in [0.25, 0.3) is 0 Å². The van der Waals surface area contributed by atoms with Crippen molar-refractivity contribution in [2.24, 2.45) is 5.73 Å². The average Bonchev–Trinajstić information content (AvgIpc) is 2.67. The molecular formula is C10H22N2O2. The van der Waals surface area contributed by atoms with Gasteiger partial charge in [0.25, 0.3) is 0 Å². The van der Waals surface area contributed by atoms with E-state index in [4.69, 9.17) is 10.5 Å². The first-order valence-electron chi connectivity index (χ1n) is 5.36. The highest BCUT2D eigenvalue weighted by molar-refractivity contribution is 4.87. The van der Waals surface area contributed by atoms with Crippen LogP contribution in [-0.2, 0) is 4.74 Å². The van der Waals surface area contributed by atoms with Crippen LogP contribution in [0.15, 0.2) is 0 Å². The van der Waals surface area contributed by atoms with E-state index >= 15 is 0 Å². The molecule has 0 aliphatic carbocycles. The van der Waals surface area contributed by atoms with E-state index in [0.717, 1.165) is 25.9 Å². The first kappa shape index (κ1) is 11.9. The van der Waals surface area contributed by atoms with Gasteiger partial charge in [-0.1, -0.05) is 6.92 Å². The lowest BCUT2D eigenvalue weighted by Gasteiger charge is -2.30. The molecule has 4 heteroatoms. The standard InChI is InChI=1S/C10H22N2O2/c1-3-9(11)10(7-13)12-5-4-8(6-12)14-2/h8-10,13H,3-7,11H2,1-2H3. The second-order valence-corrected chi connectivity index (χ2v) is 3.96. The number of aliphatic hydroxyl groups is 1. The Morgan fingerprint density at radius 1 is 1.64 bits per heavy atom. The van der Waals surface area contributed by atoms with Crippen molar-refractivity contribution in [2.45, 2.75) is 38.0 Å². The summed E-state index contributed by atoms with van der Waals surface area (Å²) >= 11 is 0. The van der Waals surface area contributed by atoms with Crippen molar-refractivity contribution in [3.8, 4) is 0 Å². The van der Waals surface area contributed by atoms with Gasteiger partial charge in [-0.3, -0.25) is 4.90 Å². The van der Waals surface area contributed by atoms with Gasteiger partial charge in [-0.2, -0.15) is 0 Å². The van der Waals surface area contributed by atoms with E-state index in [1.165, 1.54) is 0 Å². The van der Waals surface area contributed by atoms with Crippen LogP contribution in [0, 0.1) is 0 Å². The number of rotatable bonds is 5. The molecule has 0 bridgehead atoms. The van der Waals surface area contributed by atoms with Crippen LogP contribution in [-0.4, -0.2) is 55.0 Å². The minimum atomic E-state index is 0.0654. The lowest BCUT2D eigenvalue weighted by molar-refractivity contribution is 0.0807.